The minimum Gasteiger partial charge on any atom is -0.350 e. The lowest BCUT2D eigenvalue weighted by Gasteiger charge is -2.42. The molecule has 1 atom stereocenters. The summed E-state index contributed by atoms with van der Waals surface area (Å²) in [4.78, 5) is 19.2. The molecule has 4 heterocycles. The van der Waals surface area contributed by atoms with Gasteiger partial charge in [0.15, 0.2) is 0 Å². The van der Waals surface area contributed by atoms with E-state index in [-0.39, 0.29) is 17.4 Å². The van der Waals surface area contributed by atoms with Crippen molar-refractivity contribution in [1.29, 1.82) is 0 Å². The first-order chi connectivity index (χ1) is 12.0. The number of piperidine rings is 1. The van der Waals surface area contributed by atoms with Crippen LogP contribution in [0.1, 0.15) is 42.1 Å². The number of amides is 1. The number of likely N-dealkylation sites (tertiary alicyclic amines) is 1. The number of rotatable bonds is 3. The van der Waals surface area contributed by atoms with Gasteiger partial charge in [-0.05, 0) is 37.5 Å². The molecule has 132 valence electrons. The quantitative estimate of drug-likeness (QED) is 0.926. The Morgan fingerprint density at radius 2 is 2.12 bits per heavy atom. The van der Waals surface area contributed by atoms with Crippen molar-refractivity contribution < 1.29 is 4.79 Å². The topological polar surface area (TPSA) is 63.1 Å². The van der Waals surface area contributed by atoms with E-state index in [9.17, 15) is 4.79 Å². The fourth-order valence-corrected chi connectivity index (χ4v) is 4.35. The number of hydrogen-bond donors (Lipinski definition) is 1. The summed E-state index contributed by atoms with van der Waals surface area (Å²) in [5.41, 5.74) is 3.24. The smallest absolute Gasteiger partial charge is 0.221 e. The maximum Gasteiger partial charge on any atom is 0.221 e. The highest BCUT2D eigenvalue weighted by Gasteiger charge is 2.49. The molecule has 0 aromatic carbocycles. The normalized spacial score (nSPS) is 23.1. The molecule has 0 aliphatic carbocycles. The molecule has 2 aliphatic rings. The molecule has 6 nitrogen and oxygen atoms in total. The zero-order chi connectivity index (χ0) is 17.4. The number of nitrogens with zero attached hydrogens (tertiary/aromatic N) is 4. The molecule has 0 unspecified atom stereocenters. The number of hydrogen-bond acceptors (Lipinski definition) is 4. The van der Waals surface area contributed by atoms with E-state index in [0.29, 0.717) is 6.42 Å². The molecule has 2 aromatic heterocycles. The molecule has 1 amide bonds. The average Bonchev–Trinajstić information content (AvgIpc) is 3.13. The highest BCUT2D eigenvalue weighted by molar-refractivity contribution is 5.81. The second-order valence-corrected chi connectivity index (χ2v) is 7.45. The Labute approximate surface area is 148 Å². The van der Waals surface area contributed by atoms with E-state index in [1.807, 2.05) is 30.9 Å². The van der Waals surface area contributed by atoms with Crippen molar-refractivity contribution in [2.75, 3.05) is 13.1 Å². The minimum absolute atomic E-state index is 0.114. The van der Waals surface area contributed by atoms with Gasteiger partial charge in [0, 0.05) is 56.5 Å². The lowest BCUT2D eigenvalue weighted by atomic mass is 9.75. The third kappa shape index (κ3) is 3.18. The molecular weight excluding hydrogens is 314 g/mol. The van der Waals surface area contributed by atoms with E-state index < -0.39 is 0 Å². The van der Waals surface area contributed by atoms with Gasteiger partial charge in [-0.2, -0.15) is 5.10 Å². The number of aryl methyl sites for hydroxylation is 2. The van der Waals surface area contributed by atoms with Gasteiger partial charge in [0.1, 0.15) is 0 Å². The Hall–Kier alpha value is -2.21. The Morgan fingerprint density at radius 3 is 2.80 bits per heavy atom. The number of aromatic nitrogens is 3. The highest BCUT2D eigenvalue weighted by Crippen LogP contribution is 2.43. The zero-order valence-corrected chi connectivity index (χ0v) is 14.9. The summed E-state index contributed by atoms with van der Waals surface area (Å²) in [5, 5.41) is 7.60. The van der Waals surface area contributed by atoms with Crippen molar-refractivity contribution in [3.8, 4) is 0 Å². The molecule has 1 spiro atoms. The van der Waals surface area contributed by atoms with Gasteiger partial charge in [0.25, 0.3) is 0 Å². The summed E-state index contributed by atoms with van der Waals surface area (Å²) >= 11 is 0. The van der Waals surface area contributed by atoms with Crippen molar-refractivity contribution in [2.24, 2.45) is 7.05 Å². The maximum absolute atomic E-state index is 12.2. The van der Waals surface area contributed by atoms with Crippen molar-refractivity contribution in [3.05, 3.63) is 47.5 Å². The standard InChI is InChI=1S/C19H25N5O/c1-14-4-3-5-16(21-14)13-24-8-6-19(7-9-24)17(10-18(25)22-19)15-11-20-23(2)12-15/h3-5,11-12,17H,6-10,13H2,1-2H3,(H,22,25)/t17-/m0/s1. The second kappa shape index (κ2) is 6.26. The van der Waals surface area contributed by atoms with E-state index in [4.69, 9.17) is 0 Å². The average molecular weight is 339 g/mol. The predicted molar refractivity (Wildman–Crippen MR) is 94.9 cm³/mol. The minimum atomic E-state index is -0.114. The molecule has 0 radical (unpaired) electrons. The van der Waals surface area contributed by atoms with Crippen LogP contribution >= 0.6 is 0 Å². The Kier molecular flexibility index (Phi) is 4.07. The van der Waals surface area contributed by atoms with Crippen LogP contribution in [0.2, 0.25) is 0 Å². The number of carbonyl (C=O) groups is 1. The number of carbonyl (C=O) groups excluding carboxylic acids is 1. The van der Waals surface area contributed by atoms with Crippen LogP contribution in [-0.2, 0) is 18.4 Å². The zero-order valence-electron chi connectivity index (χ0n) is 14.9. The van der Waals surface area contributed by atoms with Crippen molar-refractivity contribution in [3.63, 3.8) is 0 Å². The molecule has 0 bridgehead atoms. The highest BCUT2D eigenvalue weighted by atomic mass is 16.2. The summed E-state index contributed by atoms with van der Waals surface area (Å²) < 4.78 is 1.82. The van der Waals surface area contributed by atoms with Crippen LogP contribution in [0.4, 0.5) is 0 Å². The second-order valence-electron chi connectivity index (χ2n) is 7.45. The lowest BCUT2D eigenvalue weighted by molar-refractivity contribution is -0.120. The van der Waals surface area contributed by atoms with E-state index >= 15 is 0 Å². The van der Waals surface area contributed by atoms with Crippen LogP contribution in [0.3, 0.4) is 0 Å². The van der Waals surface area contributed by atoms with Crippen LogP contribution in [0, 0.1) is 6.92 Å². The van der Waals surface area contributed by atoms with E-state index in [2.05, 4.69) is 38.6 Å². The van der Waals surface area contributed by atoms with E-state index in [1.165, 1.54) is 5.56 Å². The molecule has 2 saturated heterocycles. The van der Waals surface area contributed by atoms with Gasteiger partial charge in [-0.25, -0.2) is 0 Å². The largest absolute Gasteiger partial charge is 0.350 e. The lowest BCUT2D eigenvalue weighted by Crippen LogP contribution is -2.53. The van der Waals surface area contributed by atoms with Gasteiger partial charge in [-0.1, -0.05) is 6.07 Å². The third-order valence-corrected chi connectivity index (χ3v) is 5.65. The van der Waals surface area contributed by atoms with Gasteiger partial charge in [0.05, 0.1) is 11.9 Å². The van der Waals surface area contributed by atoms with Crippen LogP contribution in [0.5, 0.6) is 0 Å². The number of nitrogens with one attached hydrogen (secondary N) is 1. The molecule has 2 aromatic rings. The van der Waals surface area contributed by atoms with Crippen LogP contribution in [0.25, 0.3) is 0 Å². The monoisotopic (exact) mass is 339 g/mol. The van der Waals surface area contributed by atoms with Crippen LogP contribution in [-0.4, -0.2) is 44.2 Å². The summed E-state index contributed by atoms with van der Waals surface area (Å²) in [6.07, 6.45) is 6.49. The predicted octanol–water partition coefficient (Wildman–Crippen LogP) is 1.76. The fraction of sp³-hybridized carbons (Fsp3) is 0.526. The van der Waals surface area contributed by atoms with Gasteiger partial charge >= 0.3 is 0 Å². The third-order valence-electron chi connectivity index (χ3n) is 5.65. The fourth-order valence-electron chi connectivity index (χ4n) is 4.35. The Morgan fingerprint density at radius 1 is 1.32 bits per heavy atom. The van der Waals surface area contributed by atoms with Crippen molar-refractivity contribution >= 4 is 5.91 Å². The van der Waals surface area contributed by atoms with Crippen LogP contribution in [0.15, 0.2) is 30.6 Å². The first-order valence-electron chi connectivity index (χ1n) is 8.98. The molecule has 1 N–H and O–H groups in total. The molecule has 6 heteroatoms. The first kappa shape index (κ1) is 16.3. The molecule has 4 rings (SSSR count). The molecule has 25 heavy (non-hydrogen) atoms. The van der Waals surface area contributed by atoms with Gasteiger partial charge < -0.3 is 5.32 Å². The Balaban J connectivity index is 1.46. The molecular formula is C19H25N5O. The summed E-state index contributed by atoms with van der Waals surface area (Å²) in [7, 11) is 1.93. The maximum atomic E-state index is 12.2. The Bertz CT molecular complexity index is 776. The van der Waals surface area contributed by atoms with Crippen LogP contribution < -0.4 is 5.32 Å². The van der Waals surface area contributed by atoms with Gasteiger partial charge in [-0.15, -0.1) is 0 Å². The van der Waals surface area contributed by atoms with Crippen molar-refractivity contribution in [2.45, 2.75) is 44.2 Å². The van der Waals surface area contributed by atoms with Gasteiger partial charge in [0.2, 0.25) is 5.91 Å². The molecule has 2 fully saturated rings. The van der Waals surface area contributed by atoms with Crippen molar-refractivity contribution in [1.82, 2.24) is 25.0 Å². The van der Waals surface area contributed by atoms with Gasteiger partial charge in [-0.3, -0.25) is 19.4 Å². The summed E-state index contributed by atoms with van der Waals surface area (Å²) in [5.74, 6) is 0.399. The summed E-state index contributed by atoms with van der Waals surface area (Å²) in [6.45, 7) is 4.86. The first-order valence-corrected chi connectivity index (χ1v) is 8.98. The van der Waals surface area contributed by atoms with E-state index in [1.54, 1.807) is 0 Å². The SMILES string of the molecule is Cc1cccc(CN2CCC3(CC2)NC(=O)C[C@H]3c2cnn(C)c2)n1. The molecule has 0 saturated carbocycles. The summed E-state index contributed by atoms with van der Waals surface area (Å²) in [6, 6.07) is 6.19. The number of pyridine rings is 1. The van der Waals surface area contributed by atoms with E-state index in [0.717, 1.165) is 43.9 Å². The molecule has 2 aliphatic heterocycles.